The van der Waals surface area contributed by atoms with Gasteiger partial charge in [-0.2, -0.15) is 0 Å². The van der Waals surface area contributed by atoms with E-state index in [0.717, 1.165) is 4.47 Å². The number of hydrogen-bond acceptors (Lipinski definition) is 3. The zero-order chi connectivity index (χ0) is 15.2. The Bertz CT molecular complexity index is 629. The molecular weight excluding hydrogens is 402 g/mol. The number of carbonyl (C=O) groups is 1. The summed E-state index contributed by atoms with van der Waals surface area (Å²) in [6.45, 7) is -0.283. The fourth-order valence-corrected chi connectivity index (χ4v) is 2.49. The molecule has 4 nitrogen and oxygen atoms in total. The molecule has 0 aliphatic carbocycles. The van der Waals surface area contributed by atoms with Crippen LogP contribution >= 0.6 is 31.9 Å². The maximum Gasteiger partial charge on any atom is 0.262 e. The number of hydrogen-bond donors (Lipinski definition) is 2. The molecule has 2 aromatic carbocycles. The van der Waals surface area contributed by atoms with Crippen LogP contribution in [0.2, 0.25) is 0 Å². The molecule has 6 heteroatoms. The van der Waals surface area contributed by atoms with Gasteiger partial charge in [0, 0.05) is 15.7 Å². The van der Waals surface area contributed by atoms with Crippen LogP contribution in [0.25, 0.3) is 0 Å². The molecule has 0 fully saturated rings. The maximum absolute atomic E-state index is 11.9. The fourth-order valence-electron chi connectivity index (χ4n) is 1.71. The summed E-state index contributed by atoms with van der Waals surface area (Å²) in [7, 11) is 0. The minimum absolute atomic E-state index is 0.133. The van der Waals surface area contributed by atoms with Gasteiger partial charge in [0.15, 0.2) is 6.61 Å². The van der Waals surface area contributed by atoms with E-state index in [0.29, 0.717) is 21.5 Å². The number of halogens is 2. The Morgan fingerprint density at radius 1 is 1.14 bits per heavy atom. The number of amides is 1. The standard InChI is InChI=1S/C15H13Br2NO3/c16-11-4-6-12(7-5-11)18-14(20)9-21-15-10(8-19)2-1-3-13(15)17/h1-7,19H,8-9H2,(H,18,20). The van der Waals surface area contributed by atoms with Crippen molar-refractivity contribution >= 4 is 43.5 Å². The second-order valence-electron chi connectivity index (χ2n) is 4.23. The quantitative estimate of drug-likeness (QED) is 0.783. The molecule has 0 bridgehead atoms. The average molecular weight is 415 g/mol. The number of anilines is 1. The number of aliphatic hydroxyl groups excluding tert-OH is 1. The van der Waals surface area contributed by atoms with Crippen LogP contribution in [0.3, 0.4) is 0 Å². The molecule has 0 saturated heterocycles. The number of rotatable bonds is 5. The largest absolute Gasteiger partial charge is 0.482 e. The Morgan fingerprint density at radius 3 is 2.52 bits per heavy atom. The molecule has 2 N–H and O–H groups in total. The maximum atomic E-state index is 11.9. The van der Waals surface area contributed by atoms with Crippen molar-refractivity contribution in [3.05, 3.63) is 57.0 Å². The highest BCUT2D eigenvalue weighted by Crippen LogP contribution is 2.29. The summed E-state index contributed by atoms with van der Waals surface area (Å²) in [5.41, 5.74) is 1.32. The van der Waals surface area contributed by atoms with Gasteiger partial charge in [-0.05, 0) is 46.3 Å². The Balaban J connectivity index is 1.97. The summed E-state index contributed by atoms with van der Waals surface area (Å²) < 4.78 is 7.13. The second kappa shape index (κ2) is 7.59. The molecule has 2 rings (SSSR count). The molecule has 0 unspecified atom stereocenters. The van der Waals surface area contributed by atoms with Gasteiger partial charge in [-0.3, -0.25) is 4.79 Å². The van der Waals surface area contributed by atoms with E-state index in [1.165, 1.54) is 0 Å². The van der Waals surface area contributed by atoms with Crippen molar-refractivity contribution in [2.45, 2.75) is 6.61 Å². The number of nitrogens with one attached hydrogen (secondary N) is 1. The third-order valence-corrected chi connectivity index (χ3v) is 3.85. The van der Waals surface area contributed by atoms with Crippen LogP contribution in [-0.2, 0) is 11.4 Å². The van der Waals surface area contributed by atoms with Crippen LogP contribution in [0.1, 0.15) is 5.56 Å². The third kappa shape index (κ3) is 4.56. The second-order valence-corrected chi connectivity index (χ2v) is 6.00. The zero-order valence-electron chi connectivity index (χ0n) is 11.0. The van der Waals surface area contributed by atoms with Crippen molar-refractivity contribution in [3.63, 3.8) is 0 Å². The van der Waals surface area contributed by atoms with Crippen LogP contribution in [0, 0.1) is 0 Å². The summed E-state index contributed by atoms with van der Waals surface area (Å²) in [5.74, 6) is 0.211. The predicted octanol–water partition coefficient (Wildman–Crippen LogP) is 3.72. The first-order valence-electron chi connectivity index (χ1n) is 6.16. The lowest BCUT2D eigenvalue weighted by Crippen LogP contribution is -2.20. The highest BCUT2D eigenvalue weighted by atomic mass is 79.9. The lowest BCUT2D eigenvalue weighted by molar-refractivity contribution is -0.118. The van der Waals surface area contributed by atoms with Crippen LogP contribution in [0.15, 0.2) is 51.4 Å². The van der Waals surface area contributed by atoms with Crippen molar-refractivity contribution < 1.29 is 14.6 Å². The van der Waals surface area contributed by atoms with Gasteiger partial charge in [-0.25, -0.2) is 0 Å². The van der Waals surface area contributed by atoms with E-state index in [2.05, 4.69) is 37.2 Å². The molecule has 0 heterocycles. The molecule has 0 saturated carbocycles. The minimum Gasteiger partial charge on any atom is -0.482 e. The van der Waals surface area contributed by atoms with E-state index < -0.39 is 0 Å². The molecule has 0 aromatic heterocycles. The van der Waals surface area contributed by atoms with Crippen molar-refractivity contribution in [2.75, 3.05) is 11.9 Å². The molecule has 0 radical (unpaired) electrons. The third-order valence-electron chi connectivity index (χ3n) is 2.69. The van der Waals surface area contributed by atoms with Crippen LogP contribution < -0.4 is 10.1 Å². The number of aliphatic hydroxyl groups is 1. The molecule has 0 aliphatic rings. The van der Waals surface area contributed by atoms with Crippen molar-refractivity contribution in [2.24, 2.45) is 0 Å². The molecule has 0 aliphatic heterocycles. The molecule has 21 heavy (non-hydrogen) atoms. The summed E-state index contributed by atoms with van der Waals surface area (Å²) in [6, 6.07) is 12.6. The summed E-state index contributed by atoms with van der Waals surface area (Å²) in [5, 5.41) is 12.0. The molecule has 0 spiro atoms. The number of carbonyl (C=O) groups excluding carboxylic acids is 1. The first-order valence-corrected chi connectivity index (χ1v) is 7.75. The first-order chi connectivity index (χ1) is 10.1. The van der Waals surface area contributed by atoms with Crippen molar-refractivity contribution in [1.82, 2.24) is 0 Å². The predicted molar refractivity (Wildman–Crippen MR) is 88.3 cm³/mol. The van der Waals surface area contributed by atoms with Crippen molar-refractivity contribution in [1.29, 1.82) is 0 Å². The Hall–Kier alpha value is -1.37. The molecule has 1 amide bonds. The lowest BCUT2D eigenvalue weighted by Gasteiger charge is -2.12. The van der Waals surface area contributed by atoms with E-state index in [4.69, 9.17) is 4.74 Å². The normalized spacial score (nSPS) is 10.2. The van der Waals surface area contributed by atoms with Gasteiger partial charge >= 0.3 is 0 Å². The zero-order valence-corrected chi connectivity index (χ0v) is 14.1. The minimum atomic E-state index is -0.267. The van der Waals surface area contributed by atoms with Crippen LogP contribution in [0.4, 0.5) is 5.69 Å². The van der Waals surface area contributed by atoms with E-state index in [9.17, 15) is 9.90 Å². The van der Waals surface area contributed by atoms with Crippen LogP contribution in [0.5, 0.6) is 5.75 Å². The number of para-hydroxylation sites is 1. The smallest absolute Gasteiger partial charge is 0.262 e. The van der Waals surface area contributed by atoms with E-state index in [1.54, 1.807) is 30.3 Å². The Morgan fingerprint density at radius 2 is 1.86 bits per heavy atom. The Labute approximate surface area is 139 Å². The monoisotopic (exact) mass is 413 g/mol. The van der Waals surface area contributed by atoms with Gasteiger partial charge in [0.2, 0.25) is 0 Å². The Kier molecular flexibility index (Phi) is 5.78. The van der Waals surface area contributed by atoms with Crippen molar-refractivity contribution in [3.8, 4) is 5.75 Å². The fraction of sp³-hybridized carbons (Fsp3) is 0.133. The molecular formula is C15H13Br2NO3. The molecule has 0 atom stereocenters. The average Bonchev–Trinajstić information content (AvgIpc) is 2.48. The molecule has 110 valence electrons. The lowest BCUT2D eigenvalue weighted by atomic mass is 10.2. The molecule has 2 aromatic rings. The van der Waals surface area contributed by atoms with Crippen LogP contribution in [-0.4, -0.2) is 17.6 Å². The highest BCUT2D eigenvalue weighted by Gasteiger charge is 2.10. The summed E-state index contributed by atoms with van der Waals surface area (Å²) in [6.07, 6.45) is 0. The van der Waals surface area contributed by atoms with E-state index >= 15 is 0 Å². The topological polar surface area (TPSA) is 58.6 Å². The first kappa shape index (κ1) is 16.0. The highest BCUT2D eigenvalue weighted by molar-refractivity contribution is 9.10. The van der Waals surface area contributed by atoms with Gasteiger partial charge in [0.1, 0.15) is 5.75 Å². The number of benzene rings is 2. The summed E-state index contributed by atoms with van der Waals surface area (Å²) >= 11 is 6.67. The number of ether oxygens (including phenoxy) is 1. The van der Waals surface area contributed by atoms with E-state index in [-0.39, 0.29) is 19.1 Å². The summed E-state index contributed by atoms with van der Waals surface area (Å²) in [4.78, 5) is 11.9. The van der Waals surface area contributed by atoms with E-state index in [1.807, 2.05) is 12.1 Å². The van der Waals surface area contributed by atoms with Gasteiger partial charge in [0.05, 0.1) is 11.1 Å². The van der Waals surface area contributed by atoms with Gasteiger partial charge in [-0.1, -0.05) is 28.1 Å². The van der Waals surface area contributed by atoms with Gasteiger partial charge in [0.25, 0.3) is 5.91 Å². The van der Waals surface area contributed by atoms with Gasteiger partial charge in [-0.15, -0.1) is 0 Å². The SMILES string of the molecule is O=C(COc1c(Br)cccc1CO)Nc1ccc(Br)cc1. The van der Waals surface area contributed by atoms with Gasteiger partial charge < -0.3 is 15.2 Å².